The summed E-state index contributed by atoms with van der Waals surface area (Å²) in [5, 5.41) is 0. The maximum Gasteiger partial charge on any atom is 0.231 e. The molecule has 3 aliphatic heterocycles. The molecule has 0 aliphatic carbocycles. The van der Waals surface area contributed by atoms with Crippen LogP contribution in [0.2, 0.25) is 0 Å². The molecular weight excluding hydrogens is 362 g/mol. The van der Waals surface area contributed by atoms with E-state index in [9.17, 15) is 9.59 Å². The SMILES string of the molecule is COc1ccc2c(c1OC)CC(=O)N1CCc3cc4c(cc3C(=O)C21)OCO4. The molecule has 1 amide bonds. The number of methoxy groups -OCH3 is 2. The summed E-state index contributed by atoms with van der Waals surface area (Å²) in [4.78, 5) is 28.2. The van der Waals surface area contributed by atoms with Gasteiger partial charge in [-0.2, -0.15) is 0 Å². The Hall–Kier alpha value is -3.22. The zero-order valence-corrected chi connectivity index (χ0v) is 15.6. The lowest BCUT2D eigenvalue weighted by Gasteiger charge is -2.35. The second-order valence-electron chi connectivity index (χ2n) is 7.01. The number of hydrogen-bond acceptors (Lipinski definition) is 6. The number of carbonyl (C=O) groups is 2. The van der Waals surface area contributed by atoms with Gasteiger partial charge in [0.15, 0.2) is 28.8 Å². The van der Waals surface area contributed by atoms with Crippen LogP contribution >= 0.6 is 0 Å². The van der Waals surface area contributed by atoms with E-state index < -0.39 is 6.04 Å². The summed E-state index contributed by atoms with van der Waals surface area (Å²) in [5.41, 5.74) is 2.95. The average Bonchev–Trinajstić information content (AvgIpc) is 3.11. The van der Waals surface area contributed by atoms with Crippen molar-refractivity contribution in [2.24, 2.45) is 0 Å². The minimum Gasteiger partial charge on any atom is -0.493 e. The van der Waals surface area contributed by atoms with Gasteiger partial charge in [0.05, 0.1) is 20.6 Å². The Bertz CT molecular complexity index is 1010. The van der Waals surface area contributed by atoms with E-state index in [-0.39, 0.29) is 24.9 Å². The van der Waals surface area contributed by atoms with E-state index in [1.807, 2.05) is 12.1 Å². The van der Waals surface area contributed by atoms with Crippen molar-refractivity contribution in [1.29, 1.82) is 0 Å². The third-order valence-corrected chi connectivity index (χ3v) is 5.67. The summed E-state index contributed by atoms with van der Waals surface area (Å²) in [7, 11) is 3.09. The van der Waals surface area contributed by atoms with Gasteiger partial charge >= 0.3 is 0 Å². The molecule has 0 fully saturated rings. The van der Waals surface area contributed by atoms with Crippen LogP contribution in [0.3, 0.4) is 0 Å². The Morgan fingerprint density at radius 1 is 1.07 bits per heavy atom. The van der Waals surface area contributed by atoms with E-state index >= 15 is 0 Å². The van der Waals surface area contributed by atoms with Crippen molar-refractivity contribution >= 4 is 11.7 Å². The number of carbonyl (C=O) groups excluding carboxylic acids is 2. The second-order valence-corrected chi connectivity index (χ2v) is 7.01. The Balaban J connectivity index is 1.68. The van der Waals surface area contributed by atoms with Crippen LogP contribution in [-0.4, -0.2) is 44.1 Å². The van der Waals surface area contributed by atoms with E-state index in [0.29, 0.717) is 47.1 Å². The van der Waals surface area contributed by atoms with Crippen LogP contribution in [0.15, 0.2) is 24.3 Å². The molecular formula is C21H19NO6. The molecule has 3 heterocycles. The van der Waals surface area contributed by atoms with Gasteiger partial charge < -0.3 is 23.8 Å². The van der Waals surface area contributed by atoms with Crippen molar-refractivity contribution in [3.8, 4) is 23.0 Å². The summed E-state index contributed by atoms with van der Waals surface area (Å²) < 4.78 is 21.8. The van der Waals surface area contributed by atoms with Crippen molar-refractivity contribution in [2.75, 3.05) is 27.6 Å². The molecule has 2 aromatic rings. The lowest BCUT2D eigenvalue weighted by molar-refractivity contribution is -0.133. The van der Waals surface area contributed by atoms with Crippen molar-refractivity contribution in [3.05, 3.63) is 46.5 Å². The number of ketones is 1. The van der Waals surface area contributed by atoms with E-state index in [1.54, 1.807) is 31.3 Å². The maximum atomic E-state index is 13.6. The van der Waals surface area contributed by atoms with Crippen molar-refractivity contribution in [1.82, 2.24) is 4.90 Å². The summed E-state index contributed by atoms with van der Waals surface area (Å²) >= 11 is 0. The van der Waals surface area contributed by atoms with E-state index in [0.717, 1.165) is 11.1 Å². The molecule has 1 unspecified atom stereocenters. The van der Waals surface area contributed by atoms with Gasteiger partial charge in [0.1, 0.15) is 6.04 Å². The third kappa shape index (κ3) is 2.28. The smallest absolute Gasteiger partial charge is 0.231 e. The molecule has 0 saturated carbocycles. The van der Waals surface area contributed by atoms with Crippen LogP contribution in [0.25, 0.3) is 0 Å². The Morgan fingerprint density at radius 2 is 1.86 bits per heavy atom. The van der Waals surface area contributed by atoms with Crippen LogP contribution in [0.4, 0.5) is 0 Å². The summed E-state index contributed by atoms with van der Waals surface area (Å²) in [5.74, 6) is 2.06. The minimum absolute atomic E-state index is 0.0924. The van der Waals surface area contributed by atoms with Gasteiger partial charge in [-0.1, -0.05) is 6.07 Å². The molecule has 7 nitrogen and oxygen atoms in total. The lowest BCUT2D eigenvalue weighted by Crippen LogP contribution is -2.43. The number of rotatable bonds is 2. The van der Waals surface area contributed by atoms with Crippen LogP contribution in [-0.2, 0) is 17.6 Å². The topological polar surface area (TPSA) is 74.3 Å². The second kappa shape index (κ2) is 6.15. The van der Waals surface area contributed by atoms with Gasteiger partial charge in [0.25, 0.3) is 0 Å². The van der Waals surface area contributed by atoms with Gasteiger partial charge in [0, 0.05) is 17.7 Å². The van der Waals surface area contributed by atoms with Crippen LogP contribution in [0.5, 0.6) is 23.0 Å². The standard InChI is InChI=1S/C21H19NO6/c1-25-15-4-3-12-14(21(15)26-2)9-18(23)22-6-5-11-7-16-17(28-10-27-16)8-13(11)20(24)19(12)22/h3-4,7-8,19H,5-6,9-10H2,1-2H3. The molecule has 0 aromatic heterocycles. The number of hydrogen-bond donors (Lipinski definition) is 0. The molecule has 0 N–H and O–H groups in total. The number of nitrogens with zero attached hydrogens (tertiary/aromatic N) is 1. The van der Waals surface area contributed by atoms with Gasteiger partial charge in [-0.05, 0) is 35.7 Å². The Labute approximate surface area is 161 Å². The number of fused-ring (bicyclic) bond motifs is 5. The summed E-state index contributed by atoms with van der Waals surface area (Å²) in [6.45, 7) is 0.621. The summed E-state index contributed by atoms with van der Waals surface area (Å²) in [6.07, 6.45) is 0.765. The number of amides is 1. The molecule has 144 valence electrons. The van der Waals surface area contributed by atoms with Gasteiger partial charge in [-0.15, -0.1) is 0 Å². The van der Waals surface area contributed by atoms with Crippen LogP contribution < -0.4 is 18.9 Å². The van der Waals surface area contributed by atoms with Gasteiger partial charge in [-0.3, -0.25) is 9.59 Å². The van der Waals surface area contributed by atoms with Crippen LogP contribution in [0, 0.1) is 0 Å². The Morgan fingerprint density at radius 3 is 2.61 bits per heavy atom. The minimum atomic E-state index is -0.683. The predicted octanol–water partition coefficient (Wildman–Crippen LogP) is 2.30. The molecule has 3 aliphatic rings. The maximum absolute atomic E-state index is 13.6. The first-order valence-corrected chi connectivity index (χ1v) is 9.12. The number of ether oxygens (including phenoxy) is 4. The molecule has 0 spiro atoms. The molecule has 0 saturated heterocycles. The van der Waals surface area contributed by atoms with E-state index in [4.69, 9.17) is 18.9 Å². The van der Waals surface area contributed by atoms with Crippen molar-refractivity contribution < 1.29 is 28.5 Å². The molecule has 0 radical (unpaired) electrons. The number of benzene rings is 2. The molecule has 2 aromatic carbocycles. The Kier molecular flexibility index (Phi) is 3.72. The highest BCUT2D eigenvalue weighted by atomic mass is 16.7. The molecule has 0 bridgehead atoms. The van der Waals surface area contributed by atoms with Crippen LogP contribution in [0.1, 0.15) is 33.1 Å². The number of Topliss-reactive ketones (excluding diaryl/α,β-unsaturated/α-hetero) is 1. The van der Waals surface area contributed by atoms with Crippen molar-refractivity contribution in [2.45, 2.75) is 18.9 Å². The highest BCUT2D eigenvalue weighted by Gasteiger charge is 2.42. The molecule has 28 heavy (non-hydrogen) atoms. The monoisotopic (exact) mass is 381 g/mol. The van der Waals surface area contributed by atoms with Gasteiger partial charge in [0.2, 0.25) is 12.7 Å². The lowest BCUT2D eigenvalue weighted by atomic mass is 9.86. The first-order chi connectivity index (χ1) is 13.6. The zero-order chi connectivity index (χ0) is 19.4. The third-order valence-electron chi connectivity index (χ3n) is 5.67. The fourth-order valence-corrected chi connectivity index (χ4v) is 4.35. The van der Waals surface area contributed by atoms with Crippen molar-refractivity contribution in [3.63, 3.8) is 0 Å². The first-order valence-electron chi connectivity index (χ1n) is 9.12. The predicted molar refractivity (Wildman–Crippen MR) is 98.3 cm³/mol. The highest BCUT2D eigenvalue weighted by Crippen LogP contribution is 2.45. The fraction of sp³-hybridized carbons (Fsp3) is 0.333. The average molecular weight is 381 g/mol. The fourth-order valence-electron chi connectivity index (χ4n) is 4.35. The quantitative estimate of drug-likeness (QED) is 0.795. The highest BCUT2D eigenvalue weighted by molar-refractivity contribution is 6.06. The molecule has 7 heteroatoms. The largest absolute Gasteiger partial charge is 0.493 e. The summed E-state index contributed by atoms with van der Waals surface area (Å²) in [6, 6.07) is 6.55. The first kappa shape index (κ1) is 16.9. The van der Waals surface area contributed by atoms with E-state index in [2.05, 4.69) is 0 Å². The normalized spacial score (nSPS) is 19.5. The molecule has 1 atom stereocenters. The van der Waals surface area contributed by atoms with Gasteiger partial charge in [-0.25, -0.2) is 0 Å². The zero-order valence-electron chi connectivity index (χ0n) is 15.6. The van der Waals surface area contributed by atoms with E-state index in [1.165, 1.54) is 0 Å². The molecule has 5 rings (SSSR count).